The van der Waals surface area contributed by atoms with E-state index in [-0.39, 0.29) is 18.9 Å². The normalized spacial score (nSPS) is 14.4. The Balaban J connectivity index is 3.94. The minimum atomic E-state index is -1.18. The van der Waals surface area contributed by atoms with Crippen molar-refractivity contribution in [1.82, 2.24) is 0 Å². The highest BCUT2D eigenvalue weighted by Crippen LogP contribution is 2.14. The smallest absolute Gasteiger partial charge is 0.324 e. The molecule has 0 aliphatic heterocycles. The molecular formula is C11H22N2O4. The Morgan fingerprint density at radius 1 is 1.35 bits per heavy atom. The third-order valence-electron chi connectivity index (χ3n) is 2.33. The van der Waals surface area contributed by atoms with Gasteiger partial charge in [0.1, 0.15) is 12.6 Å². The molecule has 0 spiro atoms. The lowest BCUT2D eigenvalue weighted by Gasteiger charge is -2.16. The molecule has 0 aromatic heterocycles. The molecule has 0 amide bonds. The van der Waals surface area contributed by atoms with Crippen molar-refractivity contribution in [3.05, 3.63) is 0 Å². The number of carboxylic acids is 1. The number of esters is 1. The van der Waals surface area contributed by atoms with Crippen molar-refractivity contribution < 1.29 is 19.4 Å². The fourth-order valence-corrected chi connectivity index (χ4v) is 1.48. The maximum atomic E-state index is 11.4. The zero-order valence-corrected chi connectivity index (χ0v) is 10.4. The number of carbonyl (C=O) groups excluding carboxylic acids is 1. The molecule has 0 saturated carbocycles. The molecule has 17 heavy (non-hydrogen) atoms. The SMILES string of the molecule is CC(C)C[C@H](CN)CC(=O)OC[C@H](N)C(=O)O. The van der Waals surface area contributed by atoms with Crippen molar-refractivity contribution >= 4 is 11.9 Å². The predicted octanol–water partition coefficient (Wildman–Crippen LogP) is -0.0474. The summed E-state index contributed by atoms with van der Waals surface area (Å²) < 4.78 is 4.78. The number of hydrogen-bond donors (Lipinski definition) is 3. The molecule has 0 heterocycles. The Labute approximate surface area is 101 Å². The van der Waals surface area contributed by atoms with E-state index in [1.54, 1.807) is 0 Å². The van der Waals surface area contributed by atoms with E-state index in [1.807, 2.05) is 13.8 Å². The van der Waals surface area contributed by atoms with Crippen molar-refractivity contribution in [2.24, 2.45) is 23.3 Å². The molecule has 0 bridgehead atoms. The van der Waals surface area contributed by atoms with Gasteiger partial charge in [-0.05, 0) is 24.8 Å². The second-order valence-electron chi connectivity index (χ2n) is 4.56. The van der Waals surface area contributed by atoms with E-state index in [0.717, 1.165) is 6.42 Å². The van der Waals surface area contributed by atoms with Crippen molar-refractivity contribution in [2.75, 3.05) is 13.2 Å². The Morgan fingerprint density at radius 2 is 1.94 bits per heavy atom. The van der Waals surface area contributed by atoms with Crippen molar-refractivity contribution in [3.8, 4) is 0 Å². The number of nitrogens with two attached hydrogens (primary N) is 2. The summed E-state index contributed by atoms with van der Waals surface area (Å²) in [5.74, 6) is -1.10. The van der Waals surface area contributed by atoms with E-state index in [0.29, 0.717) is 12.5 Å². The van der Waals surface area contributed by atoms with Crippen LogP contribution in [-0.2, 0) is 14.3 Å². The molecule has 2 atom stereocenters. The van der Waals surface area contributed by atoms with Crippen LogP contribution in [0.2, 0.25) is 0 Å². The van der Waals surface area contributed by atoms with Crippen molar-refractivity contribution in [1.29, 1.82) is 0 Å². The van der Waals surface area contributed by atoms with Gasteiger partial charge >= 0.3 is 11.9 Å². The van der Waals surface area contributed by atoms with Gasteiger partial charge in [0.25, 0.3) is 0 Å². The van der Waals surface area contributed by atoms with Gasteiger partial charge in [0, 0.05) is 6.42 Å². The molecule has 0 aromatic carbocycles. The van der Waals surface area contributed by atoms with Crippen LogP contribution >= 0.6 is 0 Å². The lowest BCUT2D eigenvalue weighted by Crippen LogP contribution is -2.36. The summed E-state index contributed by atoms with van der Waals surface area (Å²) in [6.45, 7) is 4.22. The number of aliphatic carboxylic acids is 1. The van der Waals surface area contributed by atoms with Crippen LogP contribution in [0.5, 0.6) is 0 Å². The van der Waals surface area contributed by atoms with Crippen LogP contribution in [0.15, 0.2) is 0 Å². The van der Waals surface area contributed by atoms with E-state index in [1.165, 1.54) is 0 Å². The number of carboxylic acid groups (broad SMARTS) is 1. The molecule has 0 fully saturated rings. The number of rotatable bonds is 8. The van der Waals surface area contributed by atoms with Crippen LogP contribution in [0.25, 0.3) is 0 Å². The van der Waals surface area contributed by atoms with Gasteiger partial charge in [0.15, 0.2) is 0 Å². The second-order valence-corrected chi connectivity index (χ2v) is 4.56. The van der Waals surface area contributed by atoms with Gasteiger partial charge < -0.3 is 21.3 Å². The Bertz CT molecular complexity index is 256. The lowest BCUT2D eigenvalue weighted by atomic mass is 9.94. The Kier molecular flexibility index (Phi) is 7.49. The summed E-state index contributed by atoms with van der Waals surface area (Å²) in [5.41, 5.74) is 10.8. The topological polar surface area (TPSA) is 116 Å². The molecule has 0 aromatic rings. The fraction of sp³-hybridized carbons (Fsp3) is 0.818. The van der Waals surface area contributed by atoms with E-state index in [4.69, 9.17) is 21.3 Å². The van der Waals surface area contributed by atoms with Crippen LogP contribution in [0.1, 0.15) is 26.7 Å². The van der Waals surface area contributed by atoms with Crippen LogP contribution in [0.3, 0.4) is 0 Å². The van der Waals surface area contributed by atoms with Crippen molar-refractivity contribution in [3.63, 3.8) is 0 Å². The summed E-state index contributed by atoms with van der Waals surface area (Å²) in [6.07, 6.45) is 1.05. The first-order valence-electron chi connectivity index (χ1n) is 5.70. The Hall–Kier alpha value is -1.14. The standard InChI is InChI=1S/C11H22N2O4/c1-7(2)3-8(5-12)4-10(14)17-6-9(13)11(15)16/h7-9H,3-6,12-13H2,1-2H3,(H,15,16)/t8-,9-/m0/s1. The molecule has 0 aliphatic rings. The Morgan fingerprint density at radius 3 is 2.35 bits per heavy atom. The predicted molar refractivity (Wildman–Crippen MR) is 63.2 cm³/mol. The summed E-state index contributed by atoms with van der Waals surface area (Å²) in [4.78, 5) is 21.8. The molecule has 100 valence electrons. The van der Waals surface area contributed by atoms with Crippen molar-refractivity contribution in [2.45, 2.75) is 32.7 Å². The maximum Gasteiger partial charge on any atom is 0.324 e. The average Bonchev–Trinajstić information content (AvgIpc) is 2.23. The minimum absolute atomic E-state index is 0.0727. The van der Waals surface area contributed by atoms with E-state index < -0.39 is 18.0 Å². The number of ether oxygens (including phenoxy) is 1. The minimum Gasteiger partial charge on any atom is -0.480 e. The molecule has 0 aliphatic carbocycles. The van der Waals surface area contributed by atoms with Gasteiger partial charge in [-0.15, -0.1) is 0 Å². The molecule has 5 N–H and O–H groups in total. The molecule has 0 unspecified atom stereocenters. The van der Waals surface area contributed by atoms with Gasteiger partial charge in [-0.1, -0.05) is 13.8 Å². The highest BCUT2D eigenvalue weighted by Gasteiger charge is 2.18. The first-order valence-corrected chi connectivity index (χ1v) is 5.70. The van der Waals surface area contributed by atoms with Gasteiger partial charge in [-0.2, -0.15) is 0 Å². The first kappa shape index (κ1) is 15.9. The summed E-state index contributed by atoms with van der Waals surface area (Å²) >= 11 is 0. The van der Waals surface area contributed by atoms with E-state index in [9.17, 15) is 9.59 Å². The zero-order chi connectivity index (χ0) is 13.4. The van der Waals surface area contributed by atoms with E-state index >= 15 is 0 Å². The summed E-state index contributed by atoms with van der Waals surface area (Å²) in [5, 5.41) is 8.51. The summed E-state index contributed by atoms with van der Waals surface area (Å²) in [7, 11) is 0. The third-order valence-corrected chi connectivity index (χ3v) is 2.33. The molecular weight excluding hydrogens is 224 g/mol. The molecule has 0 rings (SSSR count). The van der Waals surface area contributed by atoms with Gasteiger partial charge in [-0.3, -0.25) is 9.59 Å². The van der Waals surface area contributed by atoms with Crippen LogP contribution < -0.4 is 11.5 Å². The summed E-state index contributed by atoms with van der Waals surface area (Å²) in [6, 6.07) is -1.17. The number of hydrogen-bond acceptors (Lipinski definition) is 5. The molecule has 0 saturated heterocycles. The maximum absolute atomic E-state index is 11.4. The lowest BCUT2D eigenvalue weighted by molar-refractivity contribution is -0.148. The quantitative estimate of drug-likeness (QED) is 0.517. The third kappa shape index (κ3) is 7.70. The molecule has 6 heteroatoms. The van der Waals surface area contributed by atoms with Gasteiger partial charge in [0.05, 0.1) is 0 Å². The number of carbonyl (C=O) groups is 2. The van der Waals surface area contributed by atoms with Gasteiger partial charge in [-0.25, -0.2) is 0 Å². The van der Waals surface area contributed by atoms with Crippen LogP contribution in [0, 0.1) is 11.8 Å². The largest absolute Gasteiger partial charge is 0.480 e. The highest BCUT2D eigenvalue weighted by atomic mass is 16.5. The zero-order valence-electron chi connectivity index (χ0n) is 10.4. The van der Waals surface area contributed by atoms with Gasteiger partial charge in [0.2, 0.25) is 0 Å². The monoisotopic (exact) mass is 246 g/mol. The first-order chi connectivity index (χ1) is 7.86. The molecule has 6 nitrogen and oxygen atoms in total. The average molecular weight is 246 g/mol. The second kappa shape index (κ2) is 8.03. The van der Waals surface area contributed by atoms with Crippen LogP contribution in [0.4, 0.5) is 0 Å². The molecule has 0 radical (unpaired) electrons. The van der Waals surface area contributed by atoms with Crippen LogP contribution in [-0.4, -0.2) is 36.2 Å². The van der Waals surface area contributed by atoms with E-state index in [2.05, 4.69) is 0 Å². The highest BCUT2D eigenvalue weighted by molar-refractivity contribution is 5.74. The fourth-order valence-electron chi connectivity index (χ4n) is 1.48.